The molecule has 0 saturated heterocycles. The van der Waals surface area contributed by atoms with E-state index in [1.807, 2.05) is 0 Å². The van der Waals surface area contributed by atoms with Gasteiger partial charge < -0.3 is 0 Å². The maximum Gasteiger partial charge on any atom is -0.00258 e. The maximum absolute atomic E-state index is 2.20. The number of benzene rings is 4. The Morgan fingerprint density at radius 2 is 0.645 bits per heavy atom. The van der Waals surface area contributed by atoms with Crippen LogP contribution in [0.25, 0.3) is 0 Å². The fourth-order valence-electron chi connectivity index (χ4n) is 3.09. The summed E-state index contributed by atoms with van der Waals surface area (Å²) in [7, 11) is 0. The minimum Gasteiger partial charge on any atom is -0.0617 e. The number of hydrogen-bond acceptors (Lipinski definition) is 0. The van der Waals surface area contributed by atoms with Gasteiger partial charge in [-0.2, -0.15) is 0 Å². The lowest BCUT2D eigenvalue weighted by Crippen LogP contribution is -1.88. The first-order chi connectivity index (χ1) is 14.8. The molecule has 0 aliphatic rings. The summed E-state index contributed by atoms with van der Waals surface area (Å²) in [6, 6.07) is 34.4. The second kappa shape index (κ2) is 12.5. The van der Waals surface area contributed by atoms with Crippen LogP contribution in [-0.2, 0) is 6.42 Å². The molecule has 0 fully saturated rings. The Morgan fingerprint density at radius 3 is 0.903 bits per heavy atom. The van der Waals surface area contributed by atoms with Gasteiger partial charge >= 0.3 is 0 Å². The fraction of sp³-hybridized carbons (Fsp3) is 0.226. The molecule has 4 aromatic rings. The highest BCUT2D eigenvalue weighted by atomic mass is 14.0. The fourth-order valence-corrected chi connectivity index (χ4v) is 3.09. The van der Waals surface area contributed by atoms with Gasteiger partial charge in [0.25, 0.3) is 0 Å². The van der Waals surface area contributed by atoms with E-state index in [0.29, 0.717) is 0 Å². The van der Waals surface area contributed by atoms with Crippen LogP contribution in [0.4, 0.5) is 0 Å². The van der Waals surface area contributed by atoms with Crippen molar-refractivity contribution in [3.05, 3.63) is 142 Å². The minimum atomic E-state index is 1.03. The molecule has 0 aromatic heterocycles. The van der Waals surface area contributed by atoms with Gasteiger partial charge in [-0.05, 0) is 59.1 Å². The zero-order valence-electron chi connectivity index (χ0n) is 19.9. The molecule has 0 bridgehead atoms. The normalized spacial score (nSPS) is 9.74. The lowest BCUT2D eigenvalue weighted by Gasteiger charge is -2.03. The predicted octanol–water partition coefficient (Wildman–Crippen LogP) is 8.50. The summed E-state index contributed by atoms with van der Waals surface area (Å²) in [5, 5.41) is 0. The van der Waals surface area contributed by atoms with E-state index < -0.39 is 0 Å². The highest BCUT2D eigenvalue weighted by Crippen LogP contribution is 2.11. The van der Waals surface area contributed by atoms with E-state index in [2.05, 4.69) is 139 Å². The van der Waals surface area contributed by atoms with E-state index in [0.717, 1.165) is 6.42 Å². The largest absolute Gasteiger partial charge is 0.0617 e. The first kappa shape index (κ1) is 24.2. The number of rotatable bonds is 2. The average molecular weight is 409 g/mol. The Balaban J connectivity index is 0.000000181. The third-order valence-corrected chi connectivity index (χ3v) is 5.04. The molecule has 0 saturated carbocycles. The van der Waals surface area contributed by atoms with Crippen LogP contribution in [0, 0.1) is 41.5 Å². The van der Waals surface area contributed by atoms with E-state index in [-0.39, 0.29) is 0 Å². The smallest absolute Gasteiger partial charge is 0.00258 e. The van der Waals surface area contributed by atoms with Gasteiger partial charge in [0.15, 0.2) is 0 Å². The molecule has 0 aliphatic heterocycles. The molecule has 4 aromatic carbocycles. The Kier molecular flexibility index (Phi) is 9.78. The van der Waals surface area contributed by atoms with Gasteiger partial charge in [-0.1, -0.05) is 130 Å². The van der Waals surface area contributed by atoms with Gasteiger partial charge in [0.2, 0.25) is 0 Å². The quantitative estimate of drug-likeness (QED) is 0.312. The summed E-state index contributed by atoms with van der Waals surface area (Å²) in [5.74, 6) is 0. The zero-order chi connectivity index (χ0) is 22.6. The van der Waals surface area contributed by atoms with Crippen molar-refractivity contribution >= 4 is 0 Å². The summed E-state index contributed by atoms with van der Waals surface area (Å²) in [5.41, 5.74) is 10.7. The second-order valence-electron chi connectivity index (χ2n) is 8.46. The lowest BCUT2D eigenvalue weighted by molar-refractivity contribution is 1.18. The first-order valence-electron chi connectivity index (χ1n) is 11.0. The summed E-state index contributed by atoms with van der Waals surface area (Å²) in [4.78, 5) is 0. The molecule has 0 unspecified atom stereocenters. The van der Waals surface area contributed by atoms with Crippen molar-refractivity contribution in [1.29, 1.82) is 0 Å². The molecular weight excluding hydrogens is 372 g/mol. The number of hydrogen-bond donors (Lipinski definition) is 0. The molecule has 160 valence electrons. The van der Waals surface area contributed by atoms with Crippen LogP contribution < -0.4 is 0 Å². The van der Waals surface area contributed by atoms with E-state index in [1.54, 1.807) is 0 Å². The van der Waals surface area contributed by atoms with Crippen LogP contribution in [0.1, 0.15) is 44.5 Å². The summed E-state index contributed by atoms with van der Waals surface area (Å²) < 4.78 is 0. The lowest BCUT2D eigenvalue weighted by atomic mass is 10.0. The monoisotopic (exact) mass is 408 g/mol. The molecule has 0 heteroatoms. The molecule has 0 aliphatic carbocycles. The van der Waals surface area contributed by atoms with Gasteiger partial charge in [-0.3, -0.25) is 0 Å². The number of aryl methyl sites for hydroxylation is 6. The Bertz CT molecular complexity index is 939. The average Bonchev–Trinajstić information content (AvgIpc) is 2.74. The maximum atomic E-state index is 2.20. The predicted molar refractivity (Wildman–Crippen MR) is 137 cm³/mol. The van der Waals surface area contributed by atoms with Crippen molar-refractivity contribution in [2.75, 3.05) is 0 Å². The highest BCUT2D eigenvalue weighted by Gasteiger charge is 1.95. The van der Waals surface area contributed by atoms with Crippen LogP contribution in [0.15, 0.2) is 97.1 Å². The van der Waals surface area contributed by atoms with Gasteiger partial charge in [-0.25, -0.2) is 0 Å². The molecule has 31 heavy (non-hydrogen) atoms. The van der Waals surface area contributed by atoms with E-state index in [1.165, 1.54) is 44.5 Å². The third kappa shape index (κ3) is 9.96. The van der Waals surface area contributed by atoms with Crippen molar-refractivity contribution < 1.29 is 0 Å². The van der Waals surface area contributed by atoms with E-state index in [4.69, 9.17) is 0 Å². The molecule has 0 spiro atoms. The Morgan fingerprint density at radius 1 is 0.355 bits per heavy atom. The van der Waals surface area contributed by atoms with Crippen LogP contribution in [0.3, 0.4) is 0 Å². The van der Waals surface area contributed by atoms with Gasteiger partial charge in [-0.15, -0.1) is 0 Å². The minimum absolute atomic E-state index is 1.03. The summed E-state index contributed by atoms with van der Waals surface area (Å²) in [6.07, 6.45) is 1.03. The van der Waals surface area contributed by atoms with Crippen LogP contribution in [0.2, 0.25) is 0 Å². The standard InChI is InChI=1S/C15H16.2C8H10/c1-12-3-7-14(8-4-12)11-15-9-5-13(2)6-10-15;1-7-3-5-8(2)6-4-7;1-7-4-3-5-8(2)6-7/h3-10H,11H2,1-2H3;2*3-6H,1-2H3. The highest BCUT2D eigenvalue weighted by molar-refractivity contribution is 5.29. The molecular formula is C31H36. The van der Waals surface area contributed by atoms with Crippen LogP contribution in [0.5, 0.6) is 0 Å². The third-order valence-electron chi connectivity index (χ3n) is 5.04. The molecule has 0 nitrogen and oxygen atoms in total. The molecule has 0 amide bonds. The van der Waals surface area contributed by atoms with Crippen LogP contribution >= 0.6 is 0 Å². The van der Waals surface area contributed by atoms with Gasteiger partial charge in [0.1, 0.15) is 0 Å². The molecule has 0 radical (unpaired) electrons. The van der Waals surface area contributed by atoms with Crippen molar-refractivity contribution in [3.63, 3.8) is 0 Å². The Labute approximate surface area is 189 Å². The SMILES string of the molecule is Cc1ccc(C)cc1.Cc1ccc(Cc2ccc(C)cc2)cc1.Cc1cccc(C)c1. The van der Waals surface area contributed by atoms with E-state index in [9.17, 15) is 0 Å². The molecule has 0 N–H and O–H groups in total. The first-order valence-corrected chi connectivity index (χ1v) is 11.0. The van der Waals surface area contributed by atoms with Crippen molar-refractivity contribution in [1.82, 2.24) is 0 Å². The molecule has 0 heterocycles. The summed E-state index contributed by atoms with van der Waals surface area (Å²) in [6.45, 7) is 12.6. The summed E-state index contributed by atoms with van der Waals surface area (Å²) >= 11 is 0. The topological polar surface area (TPSA) is 0 Å². The van der Waals surface area contributed by atoms with Gasteiger partial charge in [0, 0.05) is 0 Å². The van der Waals surface area contributed by atoms with Crippen LogP contribution in [-0.4, -0.2) is 0 Å². The van der Waals surface area contributed by atoms with Gasteiger partial charge in [0.05, 0.1) is 0 Å². The van der Waals surface area contributed by atoms with E-state index >= 15 is 0 Å². The second-order valence-corrected chi connectivity index (χ2v) is 8.46. The van der Waals surface area contributed by atoms with Crippen molar-refractivity contribution in [3.8, 4) is 0 Å². The van der Waals surface area contributed by atoms with Crippen molar-refractivity contribution in [2.24, 2.45) is 0 Å². The molecule has 4 rings (SSSR count). The molecule has 0 atom stereocenters. The zero-order valence-corrected chi connectivity index (χ0v) is 19.9. The Hall–Kier alpha value is -3.12. The van der Waals surface area contributed by atoms with Crippen molar-refractivity contribution in [2.45, 2.75) is 48.0 Å².